The van der Waals surface area contributed by atoms with E-state index < -0.39 is 15.3 Å². The molecule has 0 aliphatic heterocycles. The van der Waals surface area contributed by atoms with E-state index in [-0.39, 0.29) is 18.0 Å². The van der Waals surface area contributed by atoms with Gasteiger partial charge in [-0.15, -0.1) is 0 Å². The molecule has 1 amide bonds. The van der Waals surface area contributed by atoms with Crippen LogP contribution in [-0.4, -0.2) is 51.8 Å². The molecule has 0 spiro atoms. The first kappa shape index (κ1) is 35.5. The summed E-state index contributed by atoms with van der Waals surface area (Å²) in [5, 5.41) is 9.60. The molecule has 242 valence electrons. The average molecular weight is 623 g/mol. The molecule has 0 radical (unpaired) electrons. The zero-order chi connectivity index (χ0) is 32.3. The lowest BCUT2D eigenvalue weighted by atomic mass is 10.0. The van der Waals surface area contributed by atoms with E-state index in [1.54, 1.807) is 27.0 Å². The molecule has 2 aliphatic rings. The fraction of sp³-hybridized carbons (Fsp3) is 0.583. The molecule has 2 unspecified atom stereocenters. The van der Waals surface area contributed by atoms with Crippen LogP contribution in [0.25, 0.3) is 0 Å². The third-order valence-electron chi connectivity index (χ3n) is 8.05. The summed E-state index contributed by atoms with van der Waals surface area (Å²) in [5.74, 6) is 8.26. The Bertz CT molecular complexity index is 1360. The van der Waals surface area contributed by atoms with E-state index in [9.17, 15) is 13.2 Å². The summed E-state index contributed by atoms with van der Waals surface area (Å²) in [6, 6.07) is 15.5. The van der Waals surface area contributed by atoms with Gasteiger partial charge in [0.05, 0.1) is 17.0 Å². The van der Waals surface area contributed by atoms with Gasteiger partial charge in [-0.05, 0) is 95.0 Å². The van der Waals surface area contributed by atoms with Crippen LogP contribution in [0.1, 0.15) is 89.6 Å². The van der Waals surface area contributed by atoms with Gasteiger partial charge in [0.25, 0.3) is 5.91 Å². The van der Waals surface area contributed by atoms with Gasteiger partial charge in [-0.2, -0.15) is 0 Å². The number of sulfonamides is 1. The fourth-order valence-corrected chi connectivity index (χ4v) is 5.84. The molecule has 4 rings (SSSR count). The van der Waals surface area contributed by atoms with Gasteiger partial charge in [0, 0.05) is 36.8 Å². The molecule has 0 aromatic heterocycles. The molecule has 3 N–H and O–H groups in total. The van der Waals surface area contributed by atoms with Gasteiger partial charge in [0.1, 0.15) is 0 Å². The van der Waals surface area contributed by atoms with Gasteiger partial charge < -0.3 is 16.0 Å². The quantitative estimate of drug-likeness (QED) is 0.210. The molecule has 7 nitrogen and oxygen atoms in total. The minimum absolute atomic E-state index is 0.0987. The van der Waals surface area contributed by atoms with Crippen LogP contribution in [-0.2, 0) is 16.4 Å². The van der Waals surface area contributed by atoms with Crippen LogP contribution in [0.2, 0.25) is 0 Å². The van der Waals surface area contributed by atoms with Crippen LogP contribution in [0.3, 0.4) is 0 Å². The largest absolute Gasteiger partial charge is 0.385 e. The van der Waals surface area contributed by atoms with Crippen LogP contribution >= 0.6 is 0 Å². The smallest absolute Gasteiger partial charge is 0.251 e. The van der Waals surface area contributed by atoms with E-state index in [0.717, 1.165) is 30.8 Å². The second-order valence-corrected chi connectivity index (χ2v) is 15.3. The van der Waals surface area contributed by atoms with Crippen molar-refractivity contribution in [3.05, 3.63) is 59.7 Å². The third-order valence-corrected chi connectivity index (χ3v) is 10.2. The first-order valence-corrected chi connectivity index (χ1v) is 17.9. The summed E-state index contributed by atoms with van der Waals surface area (Å²) < 4.78 is 27.2. The van der Waals surface area contributed by atoms with Gasteiger partial charge in [0.15, 0.2) is 0 Å². The maximum atomic E-state index is 13.7. The Kier molecular flexibility index (Phi) is 13.6. The second kappa shape index (κ2) is 16.9. The Morgan fingerprint density at radius 3 is 2.32 bits per heavy atom. The number of rotatable bonds is 14. The molecule has 2 aromatic carbocycles. The number of nitrogens with one attached hydrogen (secondary N) is 3. The molecular weight excluding hydrogens is 568 g/mol. The van der Waals surface area contributed by atoms with Crippen molar-refractivity contribution < 1.29 is 13.2 Å². The molecule has 8 heteroatoms. The van der Waals surface area contributed by atoms with Gasteiger partial charge in [-0.25, -0.2) is 8.42 Å². The first-order chi connectivity index (χ1) is 20.9. The lowest BCUT2D eigenvalue weighted by molar-refractivity contribution is 0.0935. The van der Waals surface area contributed by atoms with Crippen molar-refractivity contribution in [1.82, 2.24) is 10.6 Å². The Labute approximate surface area is 267 Å². The highest BCUT2D eigenvalue weighted by Crippen LogP contribution is 2.38. The van der Waals surface area contributed by atoms with Crippen LogP contribution in [0.5, 0.6) is 0 Å². The number of carbonyl (C=O) groups excluding carboxylic acids is 1. The van der Waals surface area contributed by atoms with Gasteiger partial charge in [-0.1, -0.05) is 69.4 Å². The standard InChI is InChI=1S/C33H46N4O3S.C3H8/c1-23(2)41(39,40)37(5)32-20-28(19-31(21-32)35-22-29-17-24(29)3)33(38)36-30(18-27-9-7-6-8-10-27)15-16-34-25(4)11-12-26-13-14-26;1-3-2/h6-10,19-21,23-26,29-30,34-35H,13-18,22H2,1-5H3,(H,36,38);3H2,1-2H3/t24-,25?,29?,30+;/m0./s1. The Hall–Kier alpha value is -3.02. The van der Waals surface area contributed by atoms with Crippen molar-refractivity contribution in [2.75, 3.05) is 29.8 Å². The highest BCUT2D eigenvalue weighted by molar-refractivity contribution is 7.93. The SMILES string of the molecule is CC(C#CC1CC1)NCC[C@H](Cc1ccccc1)NC(=O)c1cc(NCC2C[C@@H]2C)cc(N(C)S(=O)(=O)C(C)C)c1.CCC. The van der Waals surface area contributed by atoms with Crippen molar-refractivity contribution >= 4 is 27.3 Å². The fourth-order valence-electron chi connectivity index (χ4n) is 4.81. The molecule has 0 bridgehead atoms. The van der Waals surface area contributed by atoms with Gasteiger partial charge in [0.2, 0.25) is 10.0 Å². The number of hydrogen-bond donors (Lipinski definition) is 3. The third kappa shape index (κ3) is 11.5. The summed E-state index contributed by atoms with van der Waals surface area (Å²) in [5.41, 5.74) is 2.81. The van der Waals surface area contributed by atoms with E-state index in [4.69, 9.17) is 0 Å². The topological polar surface area (TPSA) is 90.5 Å². The highest BCUT2D eigenvalue weighted by Gasteiger charge is 2.32. The molecule has 2 fully saturated rings. The molecule has 2 saturated carbocycles. The second-order valence-electron chi connectivity index (χ2n) is 12.8. The normalized spacial score (nSPS) is 18.6. The number of anilines is 2. The minimum atomic E-state index is -3.55. The Morgan fingerprint density at radius 1 is 1.07 bits per heavy atom. The van der Waals surface area contributed by atoms with Crippen LogP contribution in [0.15, 0.2) is 48.5 Å². The number of carbonyl (C=O) groups is 1. The summed E-state index contributed by atoms with van der Waals surface area (Å²) in [4.78, 5) is 13.7. The molecule has 2 aromatic rings. The maximum absolute atomic E-state index is 13.7. The predicted molar refractivity (Wildman–Crippen MR) is 185 cm³/mol. The Morgan fingerprint density at radius 2 is 1.73 bits per heavy atom. The van der Waals surface area contributed by atoms with Crippen molar-refractivity contribution in [3.8, 4) is 11.8 Å². The molecular formula is C36H54N4O3S. The molecule has 0 heterocycles. The van der Waals surface area contributed by atoms with Gasteiger partial charge in [-0.3, -0.25) is 9.10 Å². The maximum Gasteiger partial charge on any atom is 0.251 e. The number of nitrogens with zero attached hydrogens (tertiary/aromatic N) is 1. The summed E-state index contributed by atoms with van der Waals surface area (Å²) in [6.07, 6.45) is 6.29. The first-order valence-electron chi connectivity index (χ1n) is 16.4. The predicted octanol–water partition coefficient (Wildman–Crippen LogP) is 6.47. The van der Waals surface area contributed by atoms with E-state index in [1.165, 1.54) is 30.0 Å². The van der Waals surface area contributed by atoms with Crippen molar-refractivity contribution in [3.63, 3.8) is 0 Å². The van der Waals surface area contributed by atoms with Crippen molar-refractivity contribution in [2.24, 2.45) is 17.8 Å². The molecule has 4 atom stereocenters. The summed E-state index contributed by atoms with van der Waals surface area (Å²) in [6.45, 7) is 13.4. The van der Waals surface area contributed by atoms with Crippen LogP contribution in [0, 0.1) is 29.6 Å². The van der Waals surface area contributed by atoms with Gasteiger partial charge >= 0.3 is 0 Å². The number of hydrogen-bond acceptors (Lipinski definition) is 5. The van der Waals surface area contributed by atoms with Crippen molar-refractivity contribution in [2.45, 2.75) is 97.4 Å². The van der Waals surface area contributed by atoms with E-state index in [2.05, 4.69) is 67.6 Å². The monoisotopic (exact) mass is 622 g/mol. The number of amides is 1. The lowest BCUT2D eigenvalue weighted by Crippen LogP contribution is -2.40. The minimum Gasteiger partial charge on any atom is -0.385 e. The van der Waals surface area contributed by atoms with Crippen LogP contribution in [0.4, 0.5) is 11.4 Å². The molecule has 44 heavy (non-hydrogen) atoms. The lowest BCUT2D eigenvalue weighted by Gasteiger charge is -2.24. The Balaban J connectivity index is 0.00000169. The van der Waals surface area contributed by atoms with E-state index in [1.807, 2.05) is 30.3 Å². The van der Waals surface area contributed by atoms with Crippen LogP contribution < -0.4 is 20.3 Å². The number of benzene rings is 2. The van der Waals surface area contributed by atoms with E-state index in [0.29, 0.717) is 35.4 Å². The zero-order valence-electron chi connectivity index (χ0n) is 27.8. The average Bonchev–Trinajstić information content (AvgIpc) is 3.93. The molecule has 2 aliphatic carbocycles. The summed E-state index contributed by atoms with van der Waals surface area (Å²) >= 11 is 0. The zero-order valence-corrected chi connectivity index (χ0v) is 28.6. The van der Waals surface area contributed by atoms with E-state index >= 15 is 0 Å². The highest BCUT2D eigenvalue weighted by atomic mass is 32.2. The molecule has 0 saturated heterocycles. The van der Waals surface area contributed by atoms with Crippen molar-refractivity contribution in [1.29, 1.82) is 0 Å². The summed E-state index contributed by atoms with van der Waals surface area (Å²) in [7, 11) is -2.00.